The van der Waals surface area contributed by atoms with Crippen LogP contribution in [0.2, 0.25) is 0 Å². The van der Waals surface area contributed by atoms with Gasteiger partial charge in [0.05, 0.1) is 12.2 Å². The molecule has 1 heterocycles. The fourth-order valence-electron chi connectivity index (χ4n) is 1.38. The molecule has 0 saturated carbocycles. The normalized spacial score (nSPS) is 13.9. The largest absolute Gasteiger partial charge is 0.329 e. The Kier molecular flexibility index (Phi) is 5.08. The van der Waals surface area contributed by atoms with E-state index >= 15 is 0 Å². The molecule has 0 amide bonds. The van der Waals surface area contributed by atoms with E-state index in [1.807, 2.05) is 6.20 Å². The van der Waals surface area contributed by atoms with E-state index in [1.165, 1.54) is 0 Å². The second-order valence-corrected chi connectivity index (χ2v) is 5.66. The van der Waals surface area contributed by atoms with Crippen LogP contribution in [0.3, 0.4) is 0 Å². The van der Waals surface area contributed by atoms with Crippen molar-refractivity contribution in [3.05, 3.63) is 11.9 Å². The van der Waals surface area contributed by atoms with Gasteiger partial charge in [0.25, 0.3) is 0 Å². The highest BCUT2D eigenvalue weighted by Gasteiger charge is 2.19. The third-order valence-corrected chi connectivity index (χ3v) is 3.18. The van der Waals surface area contributed by atoms with Crippen LogP contribution in [0.5, 0.6) is 0 Å². The quantitative estimate of drug-likeness (QED) is 0.777. The van der Waals surface area contributed by atoms with Crippen molar-refractivity contribution in [2.45, 2.75) is 40.8 Å². The first-order chi connectivity index (χ1) is 7.93. The number of rotatable bonds is 6. The highest BCUT2D eigenvalue weighted by Crippen LogP contribution is 2.24. The summed E-state index contributed by atoms with van der Waals surface area (Å²) >= 11 is 0. The Bertz CT molecular complexity index is 326. The molecular weight excluding hydrogens is 214 g/mol. The molecule has 0 radical (unpaired) electrons. The summed E-state index contributed by atoms with van der Waals surface area (Å²) < 4.78 is 1.78. The van der Waals surface area contributed by atoms with E-state index in [1.54, 1.807) is 4.68 Å². The molecule has 5 nitrogen and oxygen atoms in total. The minimum atomic E-state index is 0.337. The second kappa shape index (κ2) is 6.12. The summed E-state index contributed by atoms with van der Waals surface area (Å²) in [6, 6.07) is 0. The van der Waals surface area contributed by atoms with Crippen LogP contribution < -0.4 is 11.1 Å². The number of hydrogen-bond donors (Lipinski definition) is 2. The summed E-state index contributed by atoms with van der Waals surface area (Å²) in [4.78, 5) is 0. The lowest BCUT2D eigenvalue weighted by Gasteiger charge is -2.27. The lowest BCUT2D eigenvalue weighted by atomic mass is 9.82. The van der Waals surface area contributed by atoms with Crippen LogP contribution in [-0.4, -0.2) is 28.1 Å². The maximum absolute atomic E-state index is 5.45. The number of nitrogens with one attached hydrogen (secondary N) is 1. The average Bonchev–Trinajstić information content (AvgIpc) is 2.65. The Morgan fingerprint density at radius 1 is 1.47 bits per heavy atom. The van der Waals surface area contributed by atoms with Gasteiger partial charge in [0, 0.05) is 19.3 Å². The fourth-order valence-corrected chi connectivity index (χ4v) is 1.38. The monoisotopic (exact) mass is 239 g/mol. The van der Waals surface area contributed by atoms with Crippen LogP contribution in [0.25, 0.3) is 0 Å². The first-order valence-electron chi connectivity index (χ1n) is 6.23. The SMILES string of the molecule is CC(CNCc1cn(CCN)nn1)C(C)(C)C. The summed E-state index contributed by atoms with van der Waals surface area (Å²) in [5, 5.41) is 11.5. The molecule has 5 heteroatoms. The fraction of sp³-hybridized carbons (Fsp3) is 0.833. The predicted octanol–water partition coefficient (Wildman–Crippen LogP) is 1.01. The van der Waals surface area contributed by atoms with Crippen molar-refractivity contribution in [1.82, 2.24) is 20.3 Å². The first kappa shape index (κ1) is 14.1. The maximum atomic E-state index is 5.45. The topological polar surface area (TPSA) is 68.8 Å². The summed E-state index contributed by atoms with van der Waals surface area (Å²) in [6.45, 7) is 12.1. The summed E-state index contributed by atoms with van der Waals surface area (Å²) in [7, 11) is 0. The van der Waals surface area contributed by atoms with Crippen molar-refractivity contribution in [3.63, 3.8) is 0 Å². The van der Waals surface area contributed by atoms with Crippen LogP contribution in [0.4, 0.5) is 0 Å². The maximum Gasteiger partial charge on any atom is 0.0964 e. The van der Waals surface area contributed by atoms with Gasteiger partial charge in [-0.2, -0.15) is 0 Å². The van der Waals surface area contributed by atoms with Crippen molar-refractivity contribution >= 4 is 0 Å². The van der Waals surface area contributed by atoms with Gasteiger partial charge in [0.2, 0.25) is 0 Å². The molecule has 0 aliphatic rings. The van der Waals surface area contributed by atoms with Gasteiger partial charge in [-0.15, -0.1) is 5.10 Å². The van der Waals surface area contributed by atoms with Gasteiger partial charge < -0.3 is 11.1 Å². The minimum absolute atomic E-state index is 0.337. The molecule has 1 unspecified atom stereocenters. The molecule has 3 N–H and O–H groups in total. The van der Waals surface area contributed by atoms with Gasteiger partial charge in [-0.3, -0.25) is 4.68 Å². The molecule has 0 aliphatic carbocycles. The lowest BCUT2D eigenvalue weighted by Crippen LogP contribution is -2.29. The van der Waals surface area contributed by atoms with Crippen LogP contribution in [0.15, 0.2) is 6.20 Å². The van der Waals surface area contributed by atoms with Crippen molar-refractivity contribution in [3.8, 4) is 0 Å². The predicted molar refractivity (Wildman–Crippen MR) is 69.4 cm³/mol. The Hall–Kier alpha value is -0.940. The molecule has 1 atom stereocenters. The molecule has 0 spiro atoms. The Morgan fingerprint density at radius 3 is 2.76 bits per heavy atom. The minimum Gasteiger partial charge on any atom is -0.329 e. The zero-order chi connectivity index (χ0) is 12.9. The molecule has 0 aromatic carbocycles. The van der Waals surface area contributed by atoms with Crippen molar-refractivity contribution in [1.29, 1.82) is 0 Å². The van der Waals surface area contributed by atoms with E-state index in [2.05, 4.69) is 43.3 Å². The summed E-state index contributed by atoms with van der Waals surface area (Å²) in [5.74, 6) is 0.626. The van der Waals surface area contributed by atoms with Gasteiger partial charge in [0.1, 0.15) is 0 Å². The Balaban J connectivity index is 2.30. The molecule has 98 valence electrons. The molecular formula is C12H25N5. The number of hydrogen-bond acceptors (Lipinski definition) is 4. The molecule has 0 saturated heterocycles. The molecule has 1 aromatic rings. The van der Waals surface area contributed by atoms with Gasteiger partial charge in [0.15, 0.2) is 0 Å². The third kappa shape index (κ3) is 4.83. The zero-order valence-electron chi connectivity index (χ0n) is 11.4. The average molecular weight is 239 g/mol. The summed E-state index contributed by atoms with van der Waals surface area (Å²) in [6.07, 6.45) is 1.95. The van der Waals surface area contributed by atoms with E-state index in [-0.39, 0.29) is 0 Å². The van der Waals surface area contributed by atoms with Gasteiger partial charge in [-0.05, 0) is 17.9 Å². The standard InChI is InChI=1S/C12H25N5/c1-10(12(2,3)4)7-14-8-11-9-17(6-5-13)16-15-11/h9-10,14H,5-8,13H2,1-4H3. The van der Waals surface area contributed by atoms with Crippen molar-refractivity contribution in [2.24, 2.45) is 17.1 Å². The molecule has 0 fully saturated rings. The molecule has 0 aliphatic heterocycles. The van der Waals surface area contributed by atoms with Crippen LogP contribution in [0, 0.1) is 11.3 Å². The highest BCUT2D eigenvalue weighted by atomic mass is 15.4. The van der Waals surface area contributed by atoms with E-state index in [0.717, 1.165) is 25.3 Å². The number of nitrogens with two attached hydrogens (primary N) is 1. The van der Waals surface area contributed by atoms with E-state index in [9.17, 15) is 0 Å². The van der Waals surface area contributed by atoms with E-state index in [0.29, 0.717) is 17.9 Å². The second-order valence-electron chi connectivity index (χ2n) is 5.66. The number of nitrogens with zero attached hydrogens (tertiary/aromatic N) is 3. The molecule has 17 heavy (non-hydrogen) atoms. The molecule has 1 aromatic heterocycles. The van der Waals surface area contributed by atoms with Crippen LogP contribution in [0.1, 0.15) is 33.4 Å². The molecule has 1 rings (SSSR count). The third-order valence-electron chi connectivity index (χ3n) is 3.18. The van der Waals surface area contributed by atoms with Gasteiger partial charge in [-0.25, -0.2) is 0 Å². The van der Waals surface area contributed by atoms with Gasteiger partial charge in [-0.1, -0.05) is 32.9 Å². The smallest absolute Gasteiger partial charge is 0.0964 e. The van der Waals surface area contributed by atoms with E-state index in [4.69, 9.17) is 5.73 Å². The molecule has 0 bridgehead atoms. The number of aromatic nitrogens is 3. The zero-order valence-corrected chi connectivity index (χ0v) is 11.4. The van der Waals surface area contributed by atoms with Crippen molar-refractivity contribution < 1.29 is 0 Å². The van der Waals surface area contributed by atoms with Crippen LogP contribution in [-0.2, 0) is 13.1 Å². The van der Waals surface area contributed by atoms with Crippen LogP contribution >= 0.6 is 0 Å². The van der Waals surface area contributed by atoms with E-state index < -0.39 is 0 Å². The Morgan fingerprint density at radius 2 is 2.18 bits per heavy atom. The Labute approximate surface area is 104 Å². The van der Waals surface area contributed by atoms with Gasteiger partial charge >= 0.3 is 0 Å². The lowest BCUT2D eigenvalue weighted by molar-refractivity contribution is 0.252. The first-order valence-corrected chi connectivity index (χ1v) is 6.23. The highest BCUT2D eigenvalue weighted by molar-refractivity contribution is 4.91. The van der Waals surface area contributed by atoms with Crippen molar-refractivity contribution in [2.75, 3.05) is 13.1 Å². The summed E-state index contributed by atoms with van der Waals surface area (Å²) in [5.41, 5.74) is 6.76.